The molecule has 2 atom stereocenters. The summed E-state index contributed by atoms with van der Waals surface area (Å²) >= 11 is 0. The Morgan fingerprint density at radius 3 is 2.08 bits per heavy atom. The molecule has 0 aliphatic heterocycles. The Morgan fingerprint density at radius 2 is 1.77 bits per heavy atom. The molecule has 0 radical (unpaired) electrons. The van der Waals surface area contributed by atoms with Crippen molar-refractivity contribution in [2.45, 2.75) is 52.7 Å². The number of nitrogens with zero attached hydrogens (tertiary/aromatic N) is 1. The van der Waals surface area contributed by atoms with Gasteiger partial charge in [-0.1, -0.05) is 20.8 Å². The van der Waals surface area contributed by atoms with Crippen LogP contribution in [0.3, 0.4) is 0 Å². The van der Waals surface area contributed by atoms with Crippen LogP contribution in [0, 0.1) is 5.92 Å². The lowest BCUT2D eigenvalue weighted by atomic mass is 9.99. The van der Waals surface area contributed by atoms with E-state index in [1.165, 1.54) is 0 Å². The number of hydrogen-bond donors (Lipinski definition) is 1. The maximum absolute atomic E-state index is 9.88. The van der Waals surface area contributed by atoms with E-state index in [0.717, 1.165) is 13.0 Å². The molecule has 80 valence electrons. The summed E-state index contributed by atoms with van der Waals surface area (Å²) in [6, 6.07) is 0.526. The highest BCUT2D eigenvalue weighted by atomic mass is 16.3. The van der Waals surface area contributed by atoms with E-state index in [2.05, 4.69) is 32.7 Å². The molecule has 0 saturated heterocycles. The molecule has 0 aliphatic rings. The van der Waals surface area contributed by atoms with E-state index in [1.54, 1.807) is 0 Å². The van der Waals surface area contributed by atoms with Gasteiger partial charge in [0.15, 0.2) is 0 Å². The molecule has 0 bridgehead atoms. The van der Waals surface area contributed by atoms with Crippen molar-refractivity contribution in [2.75, 3.05) is 13.6 Å². The van der Waals surface area contributed by atoms with Gasteiger partial charge < -0.3 is 10.0 Å². The van der Waals surface area contributed by atoms with E-state index < -0.39 is 5.60 Å². The molecule has 0 spiro atoms. The van der Waals surface area contributed by atoms with Gasteiger partial charge >= 0.3 is 0 Å². The van der Waals surface area contributed by atoms with Gasteiger partial charge in [0.1, 0.15) is 0 Å². The lowest BCUT2D eigenvalue weighted by Gasteiger charge is -2.34. The minimum absolute atomic E-state index is 0.526. The van der Waals surface area contributed by atoms with Crippen molar-refractivity contribution in [1.82, 2.24) is 4.90 Å². The van der Waals surface area contributed by atoms with Crippen LogP contribution in [-0.4, -0.2) is 35.2 Å². The van der Waals surface area contributed by atoms with Gasteiger partial charge in [0.25, 0.3) is 0 Å². The lowest BCUT2D eigenvalue weighted by molar-refractivity contribution is 0.00871. The van der Waals surface area contributed by atoms with Gasteiger partial charge in [-0.3, -0.25) is 0 Å². The molecule has 1 N–H and O–H groups in total. The SMILES string of the molecule is CCC(C)(O)CN(C)C(C)C(C)C. The Kier molecular flexibility index (Phi) is 4.93. The van der Waals surface area contributed by atoms with Crippen LogP contribution in [-0.2, 0) is 0 Å². The fraction of sp³-hybridized carbons (Fsp3) is 1.00. The average Bonchev–Trinajstić information content (AvgIpc) is 2.02. The predicted molar refractivity (Wildman–Crippen MR) is 57.8 cm³/mol. The van der Waals surface area contributed by atoms with E-state index in [4.69, 9.17) is 0 Å². The quantitative estimate of drug-likeness (QED) is 0.712. The first kappa shape index (κ1) is 12.9. The first-order valence-corrected chi connectivity index (χ1v) is 5.22. The molecule has 0 aromatic carbocycles. The summed E-state index contributed by atoms with van der Waals surface area (Å²) in [5.74, 6) is 0.637. The normalized spacial score (nSPS) is 19.2. The van der Waals surface area contributed by atoms with Gasteiger partial charge in [0, 0.05) is 12.6 Å². The van der Waals surface area contributed by atoms with E-state index in [9.17, 15) is 5.11 Å². The summed E-state index contributed by atoms with van der Waals surface area (Å²) in [6.45, 7) is 11.3. The predicted octanol–water partition coefficient (Wildman–Crippen LogP) is 2.12. The topological polar surface area (TPSA) is 23.5 Å². The van der Waals surface area contributed by atoms with Crippen molar-refractivity contribution in [1.29, 1.82) is 0 Å². The van der Waals surface area contributed by atoms with Crippen LogP contribution in [0.5, 0.6) is 0 Å². The zero-order chi connectivity index (χ0) is 10.6. The fourth-order valence-corrected chi connectivity index (χ4v) is 1.30. The van der Waals surface area contributed by atoms with Gasteiger partial charge in [0.2, 0.25) is 0 Å². The Labute approximate surface area is 82.9 Å². The Bertz CT molecular complexity index is 143. The molecule has 0 amide bonds. The maximum Gasteiger partial charge on any atom is 0.0743 e. The first-order valence-electron chi connectivity index (χ1n) is 5.22. The van der Waals surface area contributed by atoms with Crippen LogP contribution >= 0.6 is 0 Å². The minimum atomic E-state index is -0.544. The van der Waals surface area contributed by atoms with Crippen molar-refractivity contribution in [3.8, 4) is 0 Å². The fourth-order valence-electron chi connectivity index (χ4n) is 1.30. The summed E-state index contributed by atoms with van der Waals surface area (Å²) in [5, 5.41) is 9.88. The molecule has 2 nitrogen and oxygen atoms in total. The molecular weight excluding hydrogens is 162 g/mol. The van der Waals surface area contributed by atoms with Crippen molar-refractivity contribution in [3.63, 3.8) is 0 Å². The van der Waals surface area contributed by atoms with Gasteiger partial charge in [-0.25, -0.2) is 0 Å². The molecule has 13 heavy (non-hydrogen) atoms. The largest absolute Gasteiger partial charge is 0.389 e. The van der Waals surface area contributed by atoms with E-state index in [1.807, 2.05) is 13.8 Å². The molecule has 2 unspecified atom stereocenters. The standard InChI is InChI=1S/C11H25NO/c1-7-11(5,13)8-12(6)10(4)9(2)3/h9-10,13H,7-8H2,1-6H3. The highest BCUT2D eigenvalue weighted by Gasteiger charge is 2.23. The van der Waals surface area contributed by atoms with Gasteiger partial charge in [-0.05, 0) is 33.2 Å². The Morgan fingerprint density at radius 1 is 1.31 bits per heavy atom. The Balaban J connectivity index is 4.06. The summed E-state index contributed by atoms with van der Waals surface area (Å²) < 4.78 is 0. The van der Waals surface area contributed by atoms with Crippen LogP contribution in [0.2, 0.25) is 0 Å². The van der Waals surface area contributed by atoms with Crippen LogP contribution in [0.4, 0.5) is 0 Å². The summed E-state index contributed by atoms with van der Waals surface area (Å²) in [5.41, 5.74) is -0.544. The van der Waals surface area contributed by atoms with Crippen LogP contribution in [0.25, 0.3) is 0 Å². The smallest absolute Gasteiger partial charge is 0.0743 e. The molecule has 0 aliphatic carbocycles. The maximum atomic E-state index is 9.88. The van der Waals surface area contributed by atoms with Crippen molar-refractivity contribution >= 4 is 0 Å². The van der Waals surface area contributed by atoms with Gasteiger partial charge in [0.05, 0.1) is 5.60 Å². The van der Waals surface area contributed by atoms with Gasteiger partial charge in [-0.15, -0.1) is 0 Å². The minimum Gasteiger partial charge on any atom is -0.389 e. The highest BCUT2D eigenvalue weighted by molar-refractivity contribution is 4.77. The number of hydrogen-bond acceptors (Lipinski definition) is 2. The molecule has 0 heterocycles. The third-order valence-electron chi connectivity index (χ3n) is 3.01. The zero-order valence-electron chi connectivity index (χ0n) is 9.96. The van der Waals surface area contributed by atoms with Gasteiger partial charge in [-0.2, -0.15) is 0 Å². The summed E-state index contributed by atoms with van der Waals surface area (Å²) in [6.07, 6.45) is 0.808. The van der Waals surface area contributed by atoms with E-state index >= 15 is 0 Å². The monoisotopic (exact) mass is 187 g/mol. The van der Waals surface area contributed by atoms with Crippen LogP contribution in [0.15, 0.2) is 0 Å². The molecule has 0 aromatic rings. The zero-order valence-corrected chi connectivity index (χ0v) is 9.96. The van der Waals surface area contributed by atoms with Crippen LogP contribution in [0.1, 0.15) is 41.0 Å². The summed E-state index contributed by atoms with van der Waals surface area (Å²) in [7, 11) is 2.08. The summed E-state index contributed by atoms with van der Waals surface area (Å²) in [4.78, 5) is 2.23. The molecule has 0 saturated carbocycles. The number of aliphatic hydroxyl groups is 1. The molecule has 2 heteroatoms. The van der Waals surface area contributed by atoms with Crippen molar-refractivity contribution < 1.29 is 5.11 Å². The second-order valence-electron chi connectivity index (χ2n) is 4.75. The van der Waals surface area contributed by atoms with E-state index in [0.29, 0.717) is 12.0 Å². The lowest BCUT2D eigenvalue weighted by Crippen LogP contribution is -2.44. The third-order valence-corrected chi connectivity index (χ3v) is 3.01. The van der Waals surface area contributed by atoms with Crippen molar-refractivity contribution in [2.24, 2.45) is 5.92 Å². The molecule has 0 fully saturated rings. The van der Waals surface area contributed by atoms with Crippen molar-refractivity contribution in [3.05, 3.63) is 0 Å². The third kappa shape index (κ3) is 4.63. The molecular formula is C11H25NO. The number of likely N-dealkylation sites (N-methyl/N-ethyl adjacent to an activating group) is 1. The highest BCUT2D eigenvalue weighted by Crippen LogP contribution is 2.14. The Hall–Kier alpha value is -0.0800. The number of rotatable bonds is 5. The molecule has 0 rings (SSSR count). The molecule has 0 aromatic heterocycles. The van der Waals surface area contributed by atoms with Crippen LogP contribution < -0.4 is 0 Å². The second kappa shape index (κ2) is 4.97. The second-order valence-corrected chi connectivity index (χ2v) is 4.75. The average molecular weight is 187 g/mol. The van der Waals surface area contributed by atoms with E-state index in [-0.39, 0.29) is 0 Å². The first-order chi connectivity index (χ1) is 5.80.